The third kappa shape index (κ3) is 5.24. The van der Waals surface area contributed by atoms with Gasteiger partial charge in [-0.15, -0.1) is 0 Å². The summed E-state index contributed by atoms with van der Waals surface area (Å²) in [4.78, 5) is 30.7. The topological polar surface area (TPSA) is 86.8 Å². The molecule has 1 aliphatic rings. The number of carbonyl (C=O) groups is 1. The summed E-state index contributed by atoms with van der Waals surface area (Å²) in [5, 5.41) is 2.52. The van der Waals surface area contributed by atoms with Crippen LogP contribution in [0.2, 0.25) is 0 Å². The maximum absolute atomic E-state index is 15.1. The first-order chi connectivity index (χ1) is 17.6. The molecule has 1 aromatic heterocycles. The maximum atomic E-state index is 15.1. The molecule has 1 amide bonds. The fourth-order valence-corrected chi connectivity index (χ4v) is 4.11. The molecule has 0 spiro atoms. The highest BCUT2D eigenvalue weighted by Crippen LogP contribution is 2.35. The van der Waals surface area contributed by atoms with Gasteiger partial charge >= 0.3 is 6.61 Å². The second-order valence-corrected chi connectivity index (χ2v) is 8.18. The molecule has 3 aromatic rings. The van der Waals surface area contributed by atoms with Gasteiger partial charge in [0.2, 0.25) is 0 Å². The van der Waals surface area contributed by atoms with Gasteiger partial charge < -0.3 is 14.8 Å². The second kappa shape index (κ2) is 10.5. The number of nitrogens with one attached hydrogen (secondary N) is 1. The van der Waals surface area contributed by atoms with E-state index >= 15 is 8.78 Å². The van der Waals surface area contributed by atoms with E-state index in [1.54, 1.807) is 12.2 Å². The van der Waals surface area contributed by atoms with E-state index in [0.717, 1.165) is 28.9 Å². The molecule has 2 aromatic carbocycles. The van der Waals surface area contributed by atoms with Crippen LogP contribution in [0, 0.1) is 11.6 Å². The zero-order valence-corrected chi connectivity index (χ0v) is 20.1. The molecule has 13 heteroatoms. The number of hydrogen-bond donors (Lipinski definition) is 1. The maximum Gasteiger partial charge on any atom is 0.387 e. The number of aliphatic imine (C=N–C) groups is 1. The Labute approximate surface area is 212 Å². The molecule has 37 heavy (non-hydrogen) atoms. The SMILES string of the molecule is COc1cc(F)c(-c2c(NC(=O)c3ccc(OC(F)F)cc3)c(=O)n(C3CC=CC(Cl)=N3)n2C)c(F)c1. The lowest BCUT2D eigenvalue weighted by Gasteiger charge is -2.19. The Morgan fingerprint density at radius 2 is 1.81 bits per heavy atom. The standard InChI is InChI=1S/C24H19ClF4N4O4/c1-32-21(19-15(26)10-14(36-2)11-16(19)27)20(23(35)33(32)18-5-3-4-17(25)30-18)31-22(34)12-6-8-13(9-7-12)37-24(28)29/h3-4,6-11,18,24H,5H2,1-2H3,(H,31,34). The molecule has 0 bridgehead atoms. The van der Waals surface area contributed by atoms with Crippen LogP contribution in [0.25, 0.3) is 11.3 Å². The van der Waals surface area contributed by atoms with Gasteiger partial charge in [0, 0.05) is 31.2 Å². The quantitative estimate of drug-likeness (QED) is 0.425. The summed E-state index contributed by atoms with van der Waals surface area (Å²) in [6.07, 6.45) is 2.61. The highest BCUT2D eigenvalue weighted by molar-refractivity contribution is 6.68. The monoisotopic (exact) mass is 538 g/mol. The number of carbonyl (C=O) groups excluding carboxylic acids is 1. The third-order valence-corrected chi connectivity index (χ3v) is 5.75. The summed E-state index contributed by atoms with van der Waals surface area (Å²) < 4.78 is 66.5. The highest BCUT2D eigenvalue weighted by Gasteiger charge is 2.30. The van der Waals surface area contributed by atoms with Crippen molar-refractivity contribution in [1.82, 2.24) is 9.36 Å². The number of hydrogen-bond acceptors (Lipinski definition) is 5. The molecule has 0 saturated carbocycles. The van der Waals surface area contributed by atoms with Crippen LogP contribution in [0.3, 0.4) is 0 Å². The zero-order chi connectivity index (χ0) is 26.9. The van der Waals surface area contributed by atoms with Gasteiger partial charge in [0.15, 0.2) is 0 Å². The van der Waals surface area contributed by atoms with Gasteiger partial charge in [0.05, 0.1) is 18.4 Å². The number of allylic oxidation sites excluding steroid dienone is 1. The molecule has 194 valence electrons. The number of anilines is 1. The van der Waals surface area contributed by atoms with Gasteiger partial charge in [-0.25, -0.2) is 18.5 Å². The van der Waals surface area contributed by atoms with Crippen molar-refractivity contribution in [2.75, 3.05) is 12.4 Å². The van der Waals surface area contributed by atoms with Crippen molar-refractivity contribution in [3.05, 3.63) is 76.1 Å². The van der Waals surface area contributed by atoms with E-state index < -0.39 is 47.1 Å². The minimum Gasteiger partial charge on any atom is -0.497 e. The van der Waals surface area contributed by atoms with Gasteiger partial charge in [-0.3, -0.25) is 14.3 Å². The molecular formula is C24H19ClF4N4O4. The van der Waals surface area contributed by atoms with Crippen molar-refractivity contribution in [3.63, 3.8) is 0 Å². The van der Waals surface area contributed by atoms with Crippen LogP contribution in [0.4, 0.5) is 23.2 Å². The van der Waals surface area contributed by atoms with Gasteiger partial charge in [-0.2, -0.15) is 8.78 Å². The number of aromatic nitrogens is 2. The summed E-state index contributed by atoms with van der Waals surface area (Å²) in [5.74, 6) is -3.19. The van der Waals surface area contributed by atoms with Crippen LogP contribution in [0.1, 0.15) is 22.9 Å². The van der Waals surface area contributed by atoms with E-state index in [4.69, 9.17) is 16.3 Å². The molecule has 1 N–H and O–H groups in total. The number of dihydropyridines is 1. The fourth-order valence-electron chi connectivity index (χ4n) is 3.90. The number of methoxy groups -OCH3 is 1. The van der Waals surface area contributed by atoms with Crippen LogP contribution in [0.5, 0.6) is 11.5 Å². The Kier molecular flexibility index (Phi) is 7.39. The number of amides is 1. The first-order valence-corrected chi connectivity index (χ1v) is 11.1. The van der Waals surface area contributed by atoms with Crippen LogP contribution in [-0.4, -0.2) is 34.2 Å². The minimum atomic E-state index is -3.05. The Balaban J connectivity index is 1.83. The molecule has 0 radical (unpaired) electrons. The smallest absolute Gasteiger partial charge is 0.387 e. The molecule has 0 saturated heterocycles. The number of nitrogens with zero attached hydrogens (tertiary/aromatic N) is 3. The molecule has 8 nitrogen and oxygen atoms in total. The van der Waals surface area contributed by atoms with Crippen LogP contribution < -0.4 is 20.3 Å². The number of alkyl halides is 2. The zero-order valence-electron chi connectivity index (χ0n) is 19.3. The highest BCUT2D eigenvalue weighted by atomic mass is 35.5. The normalized spacial score (nSPS) is 15.0. The lowest BCUT2D eigenvalue weighted by atomic mass is 10.1. The second-order valence-electron chi connectivity index (χ2n) is 7.79. The van der Waals surface area contributed by atoms with Crippen LogP contribution in [0.15, 0.2) is 58.3 Å². The van der Waals surface area contributed by atoms with E-state index in [9.17, 15) is 18.4 Å². The van der Waals surface area contributed by atoms with Crippen molar-refractivity contribution < 1.29 is 31.8 Å². The Morgan fingerprint density at radius 1 is 1.16 bits per heavy atom. The first kappa shape index (κ1) is 26.0. The average molecular weight is 539 g/mol. The molecule has 1 atom stereocenters. The van der Waals surface area contributed by atoms with E-state index in [1.807, 2.05) is 0 Å². The lowest BCUT2D eigenvalue weighted by molar-refractivity contribution is -0.0498. The Hall–Kier alpha value is -4.06. The van der Waals surface area contributed by atoms with E-state index in [-0.39, 0.29) is 34.3 Å². The number of rotatable bonds is 7. The molecule has 2 heterocycles. The lowest BCUT2D eigenvalue weighted by Crippen LogP contribution is -2.28. The predicted molar refractivity (Wildman–Crippen MR) is 129 cm³/mol. The number of halogens is 5. The first-order valence-electron chi connectivity index (χ1n) is 10.7. The summed E-state index contributed by atoms with van der Waals surface area (Å²) in [5.41, 5.74) is -2.11. The van der Waals surface area contributed by atoms with E-state index in [1.165, 1.54) is 31.0 Å². The third-order valence-electron chi connectivity index (χ3n) is 5.53. The molecular weight excluding hydrogens is 520 g/mol. The van der Waals surface area contributed by atoms with Crippen molar-refractivity contribution in [2.24, 2.45) is 12.0 Å². The number of benzene rings is 2. The Bertz CT molecular complexity index is 1440. The largest absolute Gasteiger partial charge is 0.497 e. The van der Waals surface area contributed by atoms with Crippen molar-refractivity contribution in [1.29, 1.82) is 0 Å². The van der Waals surface area contributed by atoms with Crippen LogP contribution in [-0.2, 0) is 7.05 Å². The van der Waals surface area contributed by atoms with Gasteiger partial charge in [-0.1, -0.05) is 17.7 Å². The van der Waals surface area contributed by atoms with Gasteiger partial charge in [-0.05, 0) is 30.3 Å². The van der Waals surface area contributed by atoms with Crippen molar-refractivity contribution in [3.8, 4) is 22.8 Å². The summed E-state index contributed by atoms with van der Waals surface area (Å²) >= 11 is 6.00. The minimum absolute atomic E-state index is 0.0280. The summed E-state index contributed by atoms with van der Waals surface area (Å²) in [6.45, 7) is -3.05. The molecule has 0 aliphatic carbocycles. The van der Waals surface area contributed by atoms with Crippen molar-refractivity contribution >= 4 is 28.4 Å². The average Bonchev–Trinajstić information content (AvgIpc) is 3.07. The van der Waals surface area contributed by atoms with Gasteiger partial charge in [0.25, 0.3) is 11.5 Å². The Morgan fingerprint density at radius 3 is 2.38 bits per heavy atom. The molecule has 4 rings (SSSR count). The molecule has 1 aliphatic heterocycles. The molecule has 1 unspecified atom stereocenters. The van der Waals surface area contributed by atoms with Crippen molar-refractivity contribution in [2.45, 2.75) is 19.2 Å². The number of ether oxygens (including phenoxy) is 2. The predicted octanol–water partition coefficient (Wildman–Crippen LogP) is 5.09. The van der Waals surface area contributed by atoms with E-state index in [2.05, 4.69) is 15.0 Å². The summed E-state index contributed by atoms with van der Waals surface area (Å²) in [6, 6.07) is 6.54. The van der Waals surface area contributed by atoms with E-state index in [0.29, 0.717) is 0 Å². The van der Waals surface area contributed by atoms with Gasteiger partial charge in [0.1, 0.15) is 40.2 Å². The fraction of sp³-hybridized carbons (Fsp3) is 0.208. The van der Waals surface area contributed by atoms with Crippen LogP contribution >= 0.6 is 11.6 Å². The summed E-state index contributed by atoms with van der Waals surface area (Å²) in [7, 11) is 2.62. The molecule has 0 fully saturated rings.